The van der Waals surface area contributed by atoms with Crippen LogP contribution in [-0.4, -0.2) is 65.9 Å². The number of halogens is 1. The zero-order valence-corrected chi connectivity index (χ0v) is 25.2. The Morgan fingerprint density at radius 1 is 1.09 bits per heavy atom. The highest BCUT2D eigenvalue weighted by molar-refractivity contribution is 6.00. The molecule has 0 aliphatic carbocycles. The van der Waals surface area contributed by atoms with Gasteiger partial charge < -0.3 is 36.4 Å². The molecule has 0 bridgehead atoms. The van der Waals surface area contributed by atoms with Gasteiger partial charge in [-0.05, 0) is 67.6 Å². The zero-order chi connectivity index (χ0) is 31.9. The Kier molecular flexibility index (Phi) is 10.7. The molecule has 1 heterocycles. The summed E-state index contributed by atoms with van der Waals surface area (Å²) >= 11 is 0. The van der Waals surface area contributed by atoms with E-state index in [9.17, 15) is 23.9 Å². The van der Waals surface area contributed by atoms with E-state index in [4.69, 9.17) is 5.11 Å². The second-order valence-electron chi connectivity index (χ2n) is 11.6. The van der Waals surface area contributed by atoms with Crippen molar-refractivity contribution in [3.63, 3.8) is 0 Å². The molecule has 3 aromatic rings. The summed E-state index contributed by atoms with van der Waals surface area (Å²) in [5.74, 6) is -1.04. The average molecular weight is 606 g/mol. The van der Waals surface area contributed by atoms with Gasteiger partial charge in [0.1, 0.15) is 11.9 Å². The Morgan fingerprint density at radius 3 is 2.52 bits per heavy atom. The van der Waals surface area contributed by atoms with E-state index in [0.29, 0.717) is 29.8 Å². The van der Waals surface area contributed by atoms with Crippen LogP contribution in [0.4, 0.5) is 20.6 Å². The Morgan fingerprint density at radius 2 is 1.82 bits per heavy atom. The summed E-state index contributed by atoms with van der Waals surface area (Å²) in [4.78, 5) is 40.5. The molecule has 0 aromatic heterocycles. The summed E-state index contributed by atoms with van der Waals surface area (Å²) < 4.78 is 14.2. The van der Waals surface area contributed by atoms with Crippen LogP contribution in [0.3, 0.4) is 0 Å². The van der Waals surface area contributed by atoms with Gasteiger partial charge in [-0.25, -0.2) is 9.18 Å². The van der Waals surface area contributed by atoms with Crippen LogP contribution in [0.2, 0.25) is 0 Å². The molecule has 11 heteroatoms. The van der Waals surface area contributed by atoms with Crippen LogP contribution in [0.25, 0.3) is 11.1 Å². The number of nitrogens with one attached hydrogen (secondary N) is 4. The van der Waals surface area contributed by atoms with Crippen molar-refractivity contribution in [2.75, 3.05) is 30.4 Å². The largest absolute Gasteiger partial charge is 0.394 e. The van der Waals surface area contributed by atoms with E-state index in [-0.39, 0.29) is 37.4 Å². The molecule has 234 valence electrons. The van der Waals surface area contributed by atoms with Gasteiger partial charge in [0, 0.05) is 36.8 Å². The van der Waals surface area contributed by atoms with Gasteiger partial charge >= 0.3 is 6.03 Å². The third kappa shape index (κ3) is 8.40. The van der Waals surface area contributed by atoms with Crippen molar-refractivity contribution in [3.05, 3.63) is 83.7 Å². The number of aliphatic hydroxyl groups is 2. The monoisotopic (exact) mass is 605 g/mol. The summed E-state index contributed by atoms with van der Waals surface area (Å²) in [5.41, 5.74) is 3.77. The number of carbonyl (C=O) groups excluding carboxylic acids is 3. The van der Waals surface area contributed by atoms with Gasteiger partial charge in [-0.2, -0.15) is 0 Å². The lowest BCUT2D eigenvalue weighted by molar-refractivity contribution is -0.128. The fraction of sp³-hybridized carbons (Fsp3) is 0.364. The molecule has 4 amide bonds. The molecule has 10 nitrogen and oxygen atoms in total. The number of aliphatic hydroxyl groups excluding tert-OH is 2. The first-order chi connectivity index (χ1) is 21.0. The summed E-state index contributed by atoms with van der Waals surface area (Å²) in [6.45, 7) is 3.52. The van der Waals surface area contributed by atoms with Crippen molar-refractivity contribution < 1.29 is 29.0 Å². The second-order valence-corrected chi connectivity index (χ2v) is 11.6. The van der Waals surface area contributed by atoms with Gasteiger partial charge in [0.2, 0.25) is 11.8 Å². The van der Waals surface area contributed by atoms with Gasteiger partial charge in [0.15, 0.2) is 0 Å². The Labute approximate surface area is 256 Å². The van der Waals surface area contributed by atoms with Crippen molar-refractivity contribution in [2.24, 2.45) is 0 Å². The van der Waals surface area contributed by atoms with Gasteiger partial charge in [0.25, 0.3) is 0 Å². The predicted octanol–water partition coefficient (Wildman–Crippen LogP) is 3.32. The lowest BCUT2D eigenvalue weighted by Gasteiger charge is -2.29. The van der Waals surface area contributed by atoms with E-state index in [1.165, 1.54) is 12.1 Å². The molecule has 44 heavy (non-hydrogen) atoms. The van der Waals surface area contributed by atoms with E-state index in [0.717, 1.165) is 16.7 Å². The summed E-state index contributed by atoms with van der Waals surface area (Å²) in [5, 5.41) is 30.0. The first kappa shape index (κ1) is 32.6. The van der Waals surface area contributed by atoms with E-state index < -0.39 is 30.1 Å². The molecule has 1 aliphatic heterocycles. The molecule has 0 saturated carbocycles. The maximum Gasteiger partial charge on any atom is 0.318 e. The molecule has 2 atom stereocenters. The van der Waals surface area contributed by atoms with Crippen molar-refractivity contribution in [1.29, 1.82) is 0 Å². The van der Waals surface area contributed by atoms with Gasteiger partial charge in [-0.15, -0.1) is 0 Å². The number of aryl methyl sites for hydroxylation is 1. The maximum absolute atomic E-state index is 14.2. The number of rotatable bonds is 11. The van der Waals surface area contributed by atoms with Crippen LogP contribution in [0, 0.1) is 5.82 Å². The lowest BCUT2D eigenvalue weighted by atomic mass is 9.99. The highest BCUT2D eigenvalue weighted by Gasteiger charge is 2.33. The first-order valence-electron chi connectivity index (χ1n) is 14.6. The van der Waals surface area contributed by atoms with Crippen LogP contribution in [0.1, 0.15) is 37.8 Å². The van der Waals surface area contributed by atoms with E-state index in [1.54, 1.807) is 31.9 Å². The van der Waals surface area contributed by atoms with Gasteiger partial charge in [0.05, 0.1) is 24.9 Å². The lowest BCUT2D eigenvalue weighted by Crippen LogP contribution is -2.51. The SMILES string of the molecule is CNC(=O)Nc1ccccc1-c1ccc(CN2C(=O)[C@H](NC(=O)CC(C)(C)NC[C@H](O)CO)CCc3cc(F)ccc32)cc1. The molecule has 3 aromatic carbocycles. The smallest absolute Gasteiger partial charge is 0.318 e. The third-order valence-corrected chi connectivity index (χ3v) is 7.57. The van der Waals surface area contributed by atoms with Crippen LogP contribution < -0.4 is 26.2 Å². The minimum Gasteiger partial charge on any atom is -0.394 e. The Balaban J connectivity index is 1.53. The molecule has 0 spiro atoms. The summed E-state index contributed by atoms with van der Waals surface area (Å²) in [6, 6.07) is 18.3. The van der Waals surface area contributed by atoms with Crippen LogP contribution in [-0.2, 0) is 22.6 Å². The average Bonchev–Trinajstić information content (AvgIpc) is 3.12. The topological polar surface area (TPSA) is 143 Å². The van der Waals surface area contributed by atoms with Crippen molar-refractivity contribution in [3.8, 4) is 11.1 Å². The normalized spacial score (nSPS) is 15.6. The number of carbonyl (C=O) groups is 3. The molecular formula is C33H40FN5O5. The summed E-state index contributed by atoms with van der Waals surface area (Å²) in [7, 11) is 1.55. The highest BCUT2D eigenvalue weighted by Crippen LogP contribution is 2.31. The number of benzene rings is 3. The Bertz CT molecular complexity index is 1480. The fourth-order valence-electron chi connectivity index (χ4n) is 5.21. The fourth-order valence-corrected chi connectivity index (χ4v) is 5.21. The number of nitrogens with zero attached hydrogens (tertiary/aromatic N) is 1. The molecule has 0 unspecified atom stereocenters. The zero-order valence-electron chi connectivity index (χ0n) is 25.2. The van der Waals surface area contributed by atoms with Gasteiger partial charge in [-0.3, -0.25) is 9.59 Å². The quantitative estimate of drug-likeness (QED) is 0.198. The molecular weight excluding hydrogens is 565 g/mol. The van der Waals surface area contributed by atoms with Crippen molar-refractivity contribution in [1.82, 2.24) is 16.0 Å². The second kappa shape index (κ2) is 14.4. The van der Waals surface area contributed by atoms with E-state index in [2.05, 4.69) is 21.3 Å². The van der Waals surface area contributed by atoms with Crippen LogP contribution in [0.5, 0.6) is 0 Å². The number of para-hydroxylation sites is 1. The number of hydrogen-bond acceptors (Lipinski definition) is 6. The van der Waals surface area contributed by atoms with E-state index in [1.807, 2.05) is 48.5 Å². The summed E-state index contributed by atoms with van der Waals surface area (Å²) in [6.07, 6.45) is -0.202. The van der Waals surface area contributed by atoms with Gasteiger partial charge in [-0.1, -0.05) is 42.5 Å². The van der Waals surface area contributed by atoms with Crippen molar-refractivity contribution in [2.45, 2.75) is 57.3 Å². The maximum atomic E-state index is 14.2. The minimum absolute atomic E-state index is 0.0359. The number of hydrogen-bond donors (Lipinski definition) is 6. The number of amides is 4. The van der Waals surface area contributed by atoms with Crippen LogP contribution >= 0.6 is 0 Å². The standard InChI is InChI=1S/C33H40FN5O5/c1-33(2,36-18-25(41)20-40)17-30(42)37-28-14-12-23-16-24(34)13-15-29(23)39(31(28)43)19-21-8-10-22(11-9-21)26-6-4-5-7-27(26)38-32(44)35-3/h4-11,13,15-16,25,28,36,40-41H,12,14,17-20H2,1-3H3,(H,37,42)(H2,35,38,44)/t25-,28+/m0/s1. The molecule has 0 fully saturated rings. The number of β-amino-alcohol motifs (C(OH)–C–C–N with tert-alkyl or cyclic N) is 1. The third-order valence-electron chi connectivity index (χ3n) is 7.57. The number of fused-ring (bicyclic) bond motifs is 1. The van der Waals surface area contributed by atoms with E-state index >= 15 is 0 Å². The molecule has 1 aliphatic rings. The molecule has 0 saturated heterocycles. The van der Waals surface area contributed by atoms with Crippen LogP contribution in [0.15, 0.2) is 66.7 Å². The highest BCUT2D eigenvalue weighted by atomic mass is 19.1. The molecule has 0 radical (unpaired) electrons. The Hall–Kier alpha value is -4.32. The predicted molar refractivity (Wildman–Crippen MR) is 168 cm³/mol. The molecule has 6 N–H and O–H groups in total. The molecule has 4 rings (SSSR count). The first-order valence-corrected chi connectivity index (χ1v) is 14.6. The minimum atomic E-state index is -0.948. The van der Waals surface area contributed by atoms with Crippen molar-refractivity contribution >= 4 is 29.2 Å². The number of anilines is 2. The number of urea groups is 1.